The molecule has 0 saturated heterocycles. The van der Waals surface area contributed by atoms with Crippen LogP contribution in [0.15, 0.2) is 47.6 Å². The Labute approximate surface area is 142 Å². The van der Waals surface area contributed by atoms with Crippen LogP contribution >= 0.6 is 0 Å². The zero-order chi connectivity index (χ0) is 17.5. The average molecular weight is 320 g/mol. The Bertz CT molecular complexity index is 819. The van der Waals surface area contributed by atoms with Gasteiger partial charge in [-0.1, -0.05) is 24.1 Å². The summed E-state index contributed by atoms with van der Waals surface area (Å²) in [7, 11) is 0. The summed E-state index contributed by atoms with van der Waals surface area (Å²) in [5.74, 6) is 1.87. The number of fused-ring (bicyclic) bond motifs is 2. The molecule has 0 saturated carbocycles. The van der Waals surface area contributed by atoms with Crippen LogP contribution in [0.5, 0.6) is 0 Å². The largest absolute Gasteiger partial charge is 0.374 e. The first-order chi connectivity index (χ1) is 11.3. The Balaban J connectivity index is 1.99. The molecule has 2 N–H and O–H groups in total. The van der Waals surface area contributed by atoms with Crippen LogP contribution in [-0.4, -0.2) is 23.3 Å². The maximum atomic E-state index is 12.7. The van der Waals surface area contributed by atoms with E-state index in [1.54, 1.807) is 18.2 Å². The van der Waals surface area contributed by atoms with Crippen LogP contribution in [0, 0.1) is 18.3 Å². The van der Waals surface area contributed by atoms with Gasteiger partial charge in [-0.3, -0.25) is 9.59 Å². The smallest absolute Gasteiger partial charge is 0.248 e. The summed E-state index contributed by atoms with van der Waals surface area (Å²) >= 11 is 0. The molecular weight excluding hydrogens is 300 g/mol. The first-order valence-electron chi connectivity index (χ1n) is 7.92. The second-order valence-corrected chi connectivity index (χ2v) is 7.09. The van der Waals surface area contributed by atoms with Crippen molar-refractivity contribution in [2.75, 3.05) is 5.32 Å². The van der Waals surface area contributed by atoms with Crippen LogP contribution in [0.1, 0.15) is 31.1 Å². The van der Waals surface area contributed by atoms with Crippen molar-refractivity contribution in [3.63, 3.8) is 0 Å². The summed E-state index contributed by atoms with van der Waals surface area (Å²) in [4.78, 5) is 25.3. The van der Waals surface area contributed by atoms with Crippen molar-refractivity contribution in [2.45, 2.75) is 32.4 Å². The number of carbonyl (C=O) groups excluding carboxylic acids is 2. The lowest BCUT2D eigenvalue weighted by molar-refractivity contribution is -0.119. The molecule has 3 rings (SSSR count). The predicted octanol–water partition coefficient (Wildman–Crippen LogP) is 2.69. The number of rotatable bonds is 1. The van der Waals surface area contributed by atoms with Crippen LogP contribution in [0.25, 0.3) is 0 Å². The standard InChI is InChI=1S/C20H20N2O2/c1-5-12-10-15-17(11-14(12)19(24)22-20(2,3)4)21-16-9-7-6-8-13(16)18(15)23/h1,6-12,17,21H,2-4H3,(H,22,24). The topological polar surface area (TPSA) is 58.2 Å². The second kappa shape index (κ2) is 5.68. The second-order valence-electron chi connectivity index (χ2n) is 7.09. The van der Waals surface area contributed by atoms with Gasteiger partial charge in [-0.2, -0.15) is 0 Å². The molecule has 1 heterocycles. The van der Waals surface area contributed by atoms with Gasteiger partial charge < -0.3 is 10.6 Å². The van der Waals surface area contributed by atoms with E-state index in [2.05, 4.69) is 16.6 Å². The Hall–Kier alpha value is -2.80. The summed E-state index contributed by atoms with van der Waals surface area (Å²) < 4.78 is 0. The quantitative estimate of drug-likeness (QED) is 0.782. The van der Waals surface area contributed by atoms with Gasteiger partial charge in [-0.15, -0.1) is 6.42 Å². The van der Waals surface area contributed by atoms with Crippen LogP contribution in [-0.2, 0) is 4.79 Å². The van der Waals surface area contributed by atoms with Gasteiger partial charge in [0.1, 0.15) is 0 Å². The van der Waals surface area contributed by atoms with Crippen molar-refractivity contribution < 1.29 is 9.59 Å². The fourth-order valence-electron chi connectivity index (χ4n) is 2.98. The van der Waals surface area contributed by atoms with E-state index in [9.17, 15) is 9.59 Å². The zero-order valence-corrected chi connectivity index (χ0v) is 14.0. The molecule has 2 unspecified atom stereocenters. The Morgan fingerprint density at radius 2 is 1.96 bits per heavy atom. The van der Waals surface area contributed by atoms with Crippen LogP contribution in [0.3, 0.4) is 0 Å². The third kappa shape index (κ3) is 2.85. The minimum absolute atomic E-state index is 0.0406. The molecule has 1 aromatic carbocycles. The molecule has 0 aromatic heterocycles. The maximum Gasteiger partial charge on any atom is 0.248 e. The predicted molar refractivity (Wildman–Crippen MR) is 94.6 cm³/mol. The summed E-state index contributed by atoms with van der Waals surface area (Å²) in [6.07, 6.45) is 9.11. The van der Waals surface area contributed by atoms with Crippen molar-refractivity contribution in [2.24, 2.45) is 5.92 Å². The molecule has 2 atom stereocenters. The van der Waals surface area contributed by atoms with Crippen LogP contribution in [0.2, 0.25) is 0 Å². The first-order valence-corrected chi connectivity index (χ1v) is 7.92. The number of carbonyl (C=O) groups is 2. The fraction of sp³-hybridized carbons (Fsp3) is 0.300. The molecule has 1 aliphatic carbocycles. The molecular formula is C20H20N2O2. The number of para-hydroxylation sites is 1. The van der Waals surface area contributed by atoms with Crippen molar-refractivity contribution in [3.05, 3.63) is 53.1 Å². The number of Topliss-reactive ketones (excluding diaryl/α,β-unsaturated/α-hetero) is 1. The highest BCUT2D eigenvalue weighted by Crippen LogP contribution is 2.34. The van der Waals surface area contributed by atoms with Gasteiger partial charge >= 0.3 is 0 Å². The van der Waals surface area contributed by atoms with Gasteiger partial charge in [0.05, 0.1) is 12.0 Å². The molecule has 4 heteroatoms. The van der Waals surface area contributed by atoms with Crippen LogP contribution < -0.4 is 10.6 Å². The SMILES string of the molecule is C#CC1C=C2C(=O)c3ccccc3NC2C=C1C(=O)NC(C)(C)C. The third-order valence-electron chi connectivity index (χ3n) is 4.04. The van der Waals surface area contributed by atoms with Gasteiger partial charge in [-0.05, 0) is 39.0 Å². The molecule has 1 amide bonds. The highest BCUT2D eigenvalue weighted by molar-refractivity contribution is 6.16. The van der Waals surface area contributed by atoms with E-state index in [1.807, 2.05) is 39.0 Å². The summed E-state index contributed by atoms with van der Waals surface area (Å²) in [5.41, 5.74) is 2.15. The normalized spacial score (nSPS) is 22.2. The highest BCUT2D eigenvalue weighted by Gasteiger charge is 2.35. The molecule has 1 aliphatic heterocycles. The lowest BCUT2D eigenvalue weighted by atomic mass is 9.81. The van der Waals surface area contributed by atoms with Gasteiger partial charge in [0, 0.05) is 27.9 Å². The molecule has 24 heavy (non-hydrogen) atoms. The van der Waals surface area contributed by atoms with E-state index in [0.29, 0.717) is 16.7 Å². The Kier molecular flexibility index (Phi) is 3.81. The zero-order valence-electron chi connectivity index (χ0n) is 14.0. The first kappa shape index (κ1) is 16.1. The van der Waals surface area contributed by atoms with E-state index in [0.717, 1.165) is 5.69 Å². The molecule has 1 aromatic rings. The number of amides is 1. The van der Waals surface area contributed by atoms with Crippen LogP contribution in [0.4, 0.5) is 5.69 Å². The molecule has 0 fully saturated rings. The molecule has 2 aliphatic rings. The van der Waals surface area contributed by atoms with Gasteiger partial charge in [0.2, 0.25) is 5.91 Å². The number of benzene rings is 1. The molecule has 122 valence electrons. The van der Waals surface area contributed by atoms with E-state index in [-0.39, 0.29) is 23.3 Å². The monoisotopic (exact) mass is 320 g/mol. The molecule has 4 nitrogen and oxygen atoms in total. The number of allylic oxidation sites excluding steroid dienone is 1. The van der Waals surface area contributed by atoms with E-state index < -0.39 is 5.92 Å². The van der Waals surface area contributed by atoms with Gasteiger partial charge in [0.15, 0.2) is 5.78 Å². The minimum atomic E-state index is -0.505. The van der Waals surface area contributed by atoms with Crippen molar-refractivity contribution >= 4 is 17.4 Å². The van der Waals surface area contributed by atoms with E-state index >= 15 is 0 Å². The highest BCUT2D eigenvalue weighted by atomic mass is 16.2. The summed E-state index contributed by atoms with van der Waals surface area (Å²) in [5, 5.41) is 6.24. The molecule has 0 bridgehead atoms. The van der Waals surface area contributed by atoms with E-state index in [1.165, 1.54) is 0 Å². The van der Waals surface area contributed by atoms with Crippen molar-refractivity contribution in [1.82, 2.24) is 5.32 Å². The third-order valence-corrected chi connectivity index (χ3v) is 4.04. The fourth-order valence-corrected chi connectivity index (χ4v) is 2.98. The molecule has 0 radical (unpaired) electrons. The van der Waals surface area contributed by atoms with Gasteiger partial charge in [0.25, 0.3) is 0 Å². The number of terminal acetylenes is 1. The van der Waals surface area contributed by atoms with E-state index in [4.69, 9.17) is 6.42 Å². The Morgan fingerprint density at radius 1 is 1.25 bits per heavy atom. The Morgan fingerprint density at radius 3 is 2.62 bits per heavy atom. The van der Waals surface area contributed by atoms with Crippen molar-refractivity contribution in [1.29, 1.82) is 0 Å². The number of hydrogen-bond acceptors (Lipinski definition) is 3. The van der Waals surface area contributed by atoms with Crippen molar-refractivity contribution in [3.8, 4) is 12.3 Å². The average Bonchev–Trinajstić information content (AvgIpc) is 2.52. The molecule has 0 spiro atoms. The minimum Gasteiger partial charge on any atom is -0.374 e. The number of nitrogens with one attached hydrogen (secondary N) is 2. The number of ketones is 1. The maximum absolute atomic E-state index is 12.7. The van der Waals surface area contributed by atoms with Gasteiger partial charge in [-0.25, -0.2) is 0 Å². The lowest BCUT2D eigenvalue weighted by Gasteiger charge is -2.32. The number of hydrogen-bond donors (Lipinski definition) is 2. The lowest BCUT2D eigenvalue weighted by Crippen LogP contribution is -2.44. The number of anilines is 1. The summed E-state index contributed by atoms with van der Waals surface area (Å²) in [6, 6.07) is 7.02. The summed E-state index contributed by atoms with van der Waals surface area (Å²) in [6.45, 7) is 5.75.